The number of hydrogen-bond acceptors (Lipinski definition) is 4. The fourth-order valence-corrected chi connectivity index (χ4v) is 4.28. The fourth-order valence-electron chi connectivity index (χ4n) is 3.13. The van der Waals surface area contributed by atoms with Crippen LogP contribution < -0.4 is 20.7 Å². The lowest BCUT2D eigenvalue weighted by Gasteiger charge is -2.25. The van der Waals surface area contributed by atoms with Gasteiger partial charge in [0.1, 0.15) is 5.75 Å². The molecule has 30 heavy (non-hydrogen) atoms. The van der Waals surface area contributed by atoms with Crippen LogP contribution in [0.15, 0.2) is 66.1 Å². The van der Waals surface area contributed by atoms with E-state index in [0.717, 1.165) is 11.3 Å². The maximum atomic E-state index is 12.7. The molecule has 3 aromatic rings. The summed E-state index contributed by atoms with van der Waals surface area (Å²) in [6.45, 7) is 0. The number of nitrogens with one attached hydrogen (secondary N) is 3. The van der Waals surface area contributed by atoms with Crippen molar-refractivity contribution < 1.29 is 9.53 Å². The van der Waals surface area contributed by atoms with E-state index in [2.05, 4.69) is 28.1 Å². The molecule has 0 spiro atoms. The zero-order valence-electron chi connectivity index (χ0n) is 15.9. The first kappa shape index (κ1) is 20.4. The first-order valence-corrected chi connectivity index (χ1v) is 10.8. The molecule has 0 aliphatic carbocycles. The van der Waals surface area contributed by atoms with E-state index < -0.39 is 0 Å². The van der Waals surface area contributed by atoms with Gasteiger partial charge in [-0.25, -0.2) is 0 Å². The van der Waals surface area contributed by atoms with E-state index in [0.29, 0.717) is 27.1 Å². The first-order chi connectivity index (χ1) is 14.5. The monoisotopic (exact) mass is 455 g/mol. The molecular formula is C22H18ClN3O2S2. The van der Waals surface area contributed by atoms with Gasteiger partial charge in [-0.05, 0) is 65.6 Å². The summed E-state index contributed by atoms with van der Waals surface area (Å²) in [5.74, 6) is 0.172. The van der Waals surface area contributed by atoms with Crippen molar-refractivity contribution in [1.29, 1.82) is 0 Å². The second-order valence-corrected chi connectivity index (χ2v) is 8.37. The third-order valence-electron chi connectivity index (χ3n) is 4.58. The summed E-state index contributed by atoms with van der Waals surface area (Å²) < 4.78 is 5.26. The van der Waals surface area contributed by atoms with Crippen molar-refractivity contribution in [2.75, 3.05) is 12.4 Å². The van der Waals surface area contributed by atoms with Crippen molar-refractivity contribution >= 4 is 57.6 Å². The van der Waals surface area contributed by atoms with Gasteiger partial charge < -0.3 is 20.7 Å². The SMILES string of the molecule is COc1ccc(Cl)cc1C(=O)Nc1ccc(C2=CC(c3cccs3)NC(=S)N2)cc1. The number of carbonyl (C=O) groups excluding carboxylic acids is 1. The number of thiophene rings is 1. The van der Waals surface area contributed by atoms with Crippen molar-refractivity contribution in [1.82, 2.24) is 10.6 Å². The standard InChI is InChI=1S/C22H18ClN3O2S2/c1-28-19-9-6-14(23)11-16(19)21(27)24-15-7-4-13(5-8-15)17-12-18(26-22(29)25-17)20-3-2-10-30-20/h2-12,18H,1H3,(H,24,27)(H2,25,26,29). The summed E-state index contributed by atoms with van der Waals surface area (Å²) in [6, 6.07) is 16.6. The highest BCUT2D eigenvalue weighted by Crippen LogP contribution is 2.27. The van der Waals surface area contributed by atoms with Crippen LogP contribution in [0.1, 0.15) is 26.8 Å². The lowest BCUT2D eigenvalue weighted by atomic mass is 10.1. The lowest BCUT2D eigenvalue weighted by molar-refractivity contribution is 0.102. The number of methoxy groups -OCH3 is 1. The molecule has 152 valence electrons. The Morgan fingerprint density at radius 2 is 2.00 bits per heavy atom. The molecule has 0 saturated carbocycles. The van der Waals surface area contributed by atoms with Gasteiger partial charge in [-0.1, -0.05) is 29.8 Å². The average molecular weight is 456 g/mol. The van der Waals surface area contributed by atoms with E-state index in [4.69, 9.17) is 28.6 Å². The molecule has 1 amide bonds. The number of rotatable bonds is 5. The highest BCUT2D eigenvalue weighted by molar-refractivity contribution is 7.80. The zero-order chi connectivity index (χ0) is 21.1. The highest BCUT2D eigenvalue weighted by atomic mass is 35.5. The van der Waals surface area contributed by atoms with Gasteiger partial charge in [0, 0.05) is 21.3 Å². The van der Waals surface area contributed by atoms with Crippen molar-refractivity contribution in [3.05, 3.63) is 87.1 Å². The Labute approximate surface area is 188 Å². The lowest BCUT2D eigenvalue weighted by Crippen LogP contribution is -2.40. The molecule has 1 atom stereocenters. The number of benzene rings is 2. The van der Waals surface area contributed by atoms with E-state index in [-0.39, 0.29) is 11.9 Å². The summed E-state index contributed by atoms with van der Waals surface area (Å²) in [6.07, 6.45) is 2.10. The molecule has 1 aromatic heterocycles. The van der Waals surface area contributed by atoms with Crippen LogP contribution in [0.3, 0.4) is 0 Å². The quantitative estimate of drug-likeness (QED) is 0.460. The van der Waals surface area contributed by atoms with E-state index in [9.17, 15) is 4.79 Å². The Hall–Kier alpha value is -2.87. The van der Waals surface area contributed by atoms with Crippen LogP contribution >= 0.6 is 35.2 Å². The maximum Gasteiger partial charge on any atom is 0.259 e. The third-order valence-corrected chi connectivity index (χ3v) is 5.99. The van der Waals surface area contributed by atoms with Crippen LogP contribution in [-0.2, 0) is 0 Å². The Kier molecular flexibility index (Phi) is 6.03. The molecule has 0 radical (unpaired) electrons. The van der Waals surface area contributed by atoms with Gasteiger partial charge in [-0.3, -0.25) is 4.79 Å². The number of ether oxygens (including phenoxy) is 1. The minimum Gasteiger partial charge on any atom is -0.496 e. The van der Waals surface area contributed by atoms with Crippen molar-refractivity contribution in [3.8, 4) is 5.75 Å². The number of thiocarbonyl (C=S) groups is 1. The molecule has 1 aliphatic rings. The molecule has 5 nitrogen and oxygen atoms in total. The van der Waals surface area contributed by atoms with Crippen LogP contribution in [0.5, 0.6) is 5.75 Å². The number of halogens is 1. The zero-order valence-corrected chi connectivity index (χ0v) is 18.3. The van der Waals surface area contributed by atoms with E-state index in [1.165, 1.54) is 12.0 Å². The minimum absolute atomic E-state index is 0.0309. The van der Waals surface area contributed by atoms with Crippen LogP contribution in [0.25, 0.3) is 5.70 Å². The first-order valence-electron chi connectivity index (χ1n) is 9.11. The molecule has 1 unspecified atom stereocenters. The normalized spacial score (nSPS) is 15.6. The van der Waals surface area contributed by atoms with Crippen molar-refractivity contribution in [3.63, 3.8) is 0 Å². The summed E-state index contributed by atoms with van der Waals surface area (Å²) in [7, 11) is 1.52. The van der Waals surface area contributed by atoms with Crippen LogP contribution in [0, 0.1) is 0 Å². The second-order valence-electron chi connectivity index (χ2n) is 6.55. The molecule has 2 aromatic carbocycles. The van der Waals surface area contributed by atoms with E-state index in [1.54, 1.807) is 29.5 Å². The van der Waals surface area contributed by atoms with Gasteiger partial charge in [0.2, 0.25) is 0 Å². The molecule has 3 N–H and O–H groups in total. The van der Waals surface area contributed by atoms with E-state index in [1.807, 2.05) is 35.7 Å². The highest BCUT2D eigenvalue weighted by Gasteiger charge is 2.19. The average Bonchev–Trinajstić information content (AvgIpc) is 3.29. The summed E-state index contributed by atoms with van der Waals surface area (Å²) in [5, 5.41) is 12.4. The topological polar surface area (TPSA) is 62.4 Å². The van der Waals surface area contributed by atoms with Gasteiger partial charge in [0.15, 0.2) is 5.11 Å². The van der Waals surface area contributed by atoms with Gasteiger partial charge in [0.05, 0.1) is 18.7 Å². The molecule has 0 saturated heterocycles. The maximum absolute atomic E-state index is 12.7. The molecule has 1 aliphatic heterocycles. The smallest absolute Gasteiger partial charge is 0.259 e. The predicted molar refractivity (Wildman–Crippen MR) is 126 cm³/mol. The van der Waals surface area contributed by atoms with Gasteiger partial charge >= 0.3 is 0 Å². The van der Waals surface area contributed by atoms with Gasteiger partial charge in [-0.15, -0.1) is 11.3 Å². The molecular weight excluding hydrogens is 438 g/mol. The number of hydrogen-bond donors (Lipinski definition) is 3. The van der Waals surface area contributed by atoms with Crippen LogP contribution in [-0.4, -0.2) is 18.1 Å². The van der Waals surface area contributed by atoms with Crippen LogP contribution in [0.2, 0.25) is 5.02 Å². The molecule has 0 bridgehead atoms. The minimum atomic E-state index is -0.291. The summed E-state index contributed by atoms with van der Waals surface area (Å²) in [4.78, 5) is 13.8. The predicted octanol–water partition coefficient (Wildman–Crippen LogP) is 5.22. The number of carbonyl (C=O) groups is 1. The Balaban J connectivity index is 1.52. The summed E-state index contributed by atoms with van der Waals surface area (Å²) >= 11 is 13.1. The molecule has 8 heteroatoms. The molecule has 0 fully saturated rings. The Morgan fingerprint density at radius 3 is 2.70 bits per heavy atom. The molecule has 2 heterocycles. The van der Waals surface area contributed by atoms with Gasteiger partial charge in [-0.2, -0.15) is 0 Å². The third kappa shape index (κ3) is 4.48. The largest absolute Gasteiger partial charge is 0.496 e. The number of amides is 1. The fraction of sp³-hybridized carbons (Fsp3) is 0.0909. The van der Waals surface area contributed by atoms with Gasteiger partial charge in [0.25, 0.3) is 5.91 Å². The number of anilines is 1. The van der Waals surface area contributed by atoms with Crippen molar-refractivity contribution in [2.24, 2.45) is 0 Å². The molecule has 4 rings (SSSR count). The van der Waals surface area contributed by atoms with Crippen LogP contribution in [0.4, 0.5) is 5.69 Å². The van der Waals surface area contributed by atoms with E-state index >= 15 is 0 Å². The van der Waals surface area contributed by atoms with Crippen molar-refractivity contribution in [2.45, 2.75) is 6.04 Å². The second kappa shape index (κ2) is 8.87. The Bertz CT molecular complexity index is 1110. The Morgan fingerprint density at radius 1 is 1.20 bits per heavy atom. The summed E-state index contributed by atoms with van der Waals surface area (Å²) in [5.41, 5.74) is 2.93.